The van der Waals surface area contributed by atoms with Crippen molar-refractivity contribution >= 4 is 11.8 Å². The van der Waals surface area contributed by atoms with Crippen LogP contribution in [-0.2, 0) is 9.59 Å². The highest BCUT2D eigenvalue weighted by Gasteiger charge is 2.72. The van der Waals surface area contributed by atoms with Gasteiger partial charge in [0.2, 0.25) is 17.7 Å². The molecular formula is C15H22N4O2. The van der Waals surface area contributed by atoms with Gasteiger partial charge < -0.3 is 0 Å². The largest absolute Gasteiger partial charge is 0.290 e. The highest BCUT2D eigenvalue weighted by molar-refractivity contribution is 5.91. The molecule has 0 aromatic rings. The molecule has 0 saturated carbocycles. The van der Waals surface area contributed by atoms with Gasteiger partial charge in [0.1, 0.15) is 0 Å². The number of rotatable bonds is 0. The molecule has 2 unspecified atom stereocenters. The Hall–Kier alpha value is -1.14. The molecule has 5 heterocycles. The lowest BCUT2D eigenvalue weighted by Crippen LogP contribution is -2.67. The van der Waals surface area contributed by atoms with Gasteiger partial charge in [-0.05, 0) is 25.7 Å². The Bertz CT molecular complexity index is 476. The SMILES string of the molecule is O=C1C2CCCCN2C23N1CCN2C(=O)C1CCCCN13. The van der Waals surface area contributed by atoms with E-state index in [1.807, 2.05) is 9.80 Å². The molecule has 5 aliphatic heterocycles. The topological polar surface area (TPSA) is 47.1 Å². The van der Waals surface area contributed by atoms with Gasteiger partial charge in [-0.25, -0.2) is 9.80 Å². The molecule has 0 aromatic carbocycles. The zero-order chi connectivity index (χ0) is 14.2. The fourth-order valence-corrected chi connectivity index (χ4v) is 5.40. The van der Waals surface area contributed by atoms with Crippen molar-refractivity contribution in [1.82, 2.24) is 19.6 Å². The van der Waals surface area contributed by atoms with E-state index in [0.29, 0.717) is 13.1 Å². The van der Waals surface area contributed by atoms with E-state index >= 15 is 0 Å². The molecule has 0 aromatic heterocycles. The lowest BCUT2D eigenvalue weighted by molar-refractivity contribution is -0.174. The molecule has 0 N–H and O–H groups in total. The van der Waals surface area contributed by atoms with Gasteiger partial charge in [0, 0.05) is 26.2 Å². The maximum atomic E-state index is 12.9. The van der Waals surface area contributed by atoms with Gasteiger partial charge in [0.15, 0.2) is 0 Å². The van der Waals surface area contributed by atoms with Crippen molar-refractivity contribution in [2.45, 2.75) is 56.5 Å². The van der Waals surface area contributed by atoms with Crippen molar-refractivity contribution < 1.29 is 9.59 Å². The first-order valence-corrected chi connectivity index (χ1v) is 8.43. The van der Waals surface area contributed by atoms with Crippen LogP contribution in [0.3, 0.4) is 0 Å². The van der Waals surface area contributed by atoms with Gasteiger partial charge in [0.25, 0.3) is 0 Å². The Morgan fingerprint density at radius 3 is 1.67 bits per heavy atom. The van der Waals surface area contributed by atoms with Gasteiger partial charge in [0.05, 0.1) is 12.1 Å². The maximum Gasteiger partial charge on any atom is 0.244 e. The average molecular weight is 290 g/mol. The van der Waals surface area contributed by atoms with Crippen molar-refractivity contribution in [3.63, 3.8) is 0 Å². The number of nitrogens with zero attached hydrogens (tertiary/aromatic N) is 4. The monoisotopic (exact) mass is 290 g/mol. The Kier molecular flexibility index (Phi) is 2.35. The summed E-state index contributed by atoms with van der Waals surface area (Å²) < 4.78 is 0. The van der Waals surface area contributed by atoms with Crippen molar-refractivity contribution in [2.24, 2.45) is 0 Å². The zero-order valence-corrected chi connectivity index (χ0v) is 12.3. The third-order valence-corrected chi connectivity index (χ3v) is 6.15. The summed E-state index contributed by atoms with van der Waals surface area (Å²) in [6.45, 7) is 3.31. The van der Waals surface area contributed by atoms with E-state index in [-0.39, 0.29) is 23.9 Å². The normalized spacial score (nSPS) is 43.0. The number of fused-ring (bicyclic) bond motifs is 2. The lowest BCUT2D eigenvalue weighted by Gasteiger charge is -2.48. The molecule has 0 bridgehead atoms. The second-order valence-electron chi connectivity index (χ2n) is 6.99. The van der Waals surface area contributed by atoms with Gasteiger partial charge >= 0.3 is 0 Å². The van der Waals surface area contributed by atoms with E-state index in [2.05, 4.69) is 9.80 Å². The second-order valence-corrected chi connectivity index (χ2v) is 6.99. The summed E-state index contributed by atoms with van der Waals surface area (Å²) >= 11 is 0. The first-order chi connectivity index (χ1) is 10.3. The molecule has 5 saturated heterocycles. The smallest absolute Gasteiger partial charge is 0.244 e. The van der Waals surface area contributed by atoms with Crippen molar-refractivity contribution in [3.8, 4) is 0 Å². The molecule has 2 amide bonds. The number of amides is 2. The predicted molar refractivity (Wildman–Crippen MR) is 74.8 cm³/mol. The minimum Gasteiger partial charge on any atom is -0.290 e. The summed E-state index contributed by atoms with van der Waals surface area (Å²) in [4.78, 5) is 34.5. The minimum atomic E-state index is -0.523. The van der Waals surface area contributed by atoms with Gasteiger partial charge in [-0.1, -0.05) is 12.8 Å². The lowest BCUT2D eigenvalue weighted by atomic mass is 10.0. The van der Waals surface area contributed by atoms with Gasteiger partial charge in [-0.2, -0.15) is 0 Å². The zero-order valence-electron chi connectivity index (χ0n) is 12.3. The summed E-state index contributed by atoms with van der Waals surface area (Å²) in [7, 11) is 0. The standard InChI is InChI=1S/C15H22N4O2/c20-13-11-5-1-3-7-16(11)15-17-8-4-2-6-12(17)14(21)19(15)10-9-18(13)15/h11-12H,1-10H2. The van der Waals surface area contributed by atoms with E-state index in [0.717, 1.165) is 51.6 Å². The summed E-state index contributed by atoms with van der Waals surface area (Å²) in [5.41, 5.74) is 0. The van der Waals surface area contributed by atoms with Crippen molar-refractivity contribution in [2.75, 3.05) is 26.2 Å². The van der Waals surface area contributed by atoms with Crippen LogP contribution in [0.15, 0.2) is 0 Å². The van der Waals surface area contributed by atoms with Crippen LogP contribution in [0.2, 0.25) is 0 Å². The molecule has 6 nitrogen and oxygen atoms in total. The van der Waals surface area contributed by atoms with Crippen LogP contribution in [0.25, 0.3) is 0 Å². The molecule has 0 radical (unpaired) electrons. The Morgan fingerprint density at radius 2 is 1.19 bits per heavy atom. The van der Waals surface area contributed by atoms with E-state index < -0.39 is 5.91 Å². The fraction of sp³-hybridized carbons (Fsp3) is 0.867. The first-order valence-electron chi connectivity index (χ1n) is 8.43. The first kappa shape index (κ1) is 12.4. The van der Waals surface area contributed by atoms with Crippen LogP contribution >= 0.6 is 0 Å². The number of piperidine rings is 2. The summed E-state index contributed by atoms with van der Waals surface area (Å²) in [5.74, 6) is -0.00269. The molecule has 5 aliphatic rings. The van der Waals surface area contributed by atoms with E-state index in [4.69, 9.17) is 0 Å². The van der Waals surface area contributed by atoms with Crippen LogP contribution < -0.4 is 0 Å². The van der Waals surface area contributed by atoms with Crippen molar-refractivity contribution in [3.05, 3.63) is 0 Å². The summed E-state index contributed by atoms with van der Waals surface area (Å²) in [5, 5.41) is 0. The van der Waals surface area contributed by atoms with E-state index in [9.17, 15) is 9.59 Å². The minimum absolute atomic E-state index is 0.00928. The molecular weight excluding hydrogens is 268 g/mol. The molecule has 5 fully saturated rings. The van der Waals surface area contributed by atoms with Gasteiger partial charge in [-0.3, -0.25) is 19.4 Å². The van der Waals surface area contributed by atoms with Crippen LogP contribution in [0.4, 0.5) is 0 Å². The highest BCUT2D eigenvalue weighted by Crippen LogP contribution is 2.50. The van der Waals surface area contributed by atoms with Gasteiger partial charge in [-0.15, -0.1) is 0 Å². The van der Waals surface area contributed by atoms with Crippen LogP contribution in [0.5, 0.6) is 0 Å². The molecule has 5 rings (SSSR count). The number of hydrogen-bond donors (Lipinski definition) is 0. The Balaban J connectivity index is 1.67. The van der Waals surface area contributed by atoms with Crippen molar-refractivity contribution in [1.29, 1.82) is 0 Å². The maximum absolute atomic E-state index is 12.9. The predicted octanol–water partition coefficient (Wildman–Crippen LogP) is 0.00470. The molecule has 21 heavy (non-hydrogen) atoms. The molecule has 2 atom stereocenters. The second kappa shape index (κ2) is 3.98. The van der Waals surface area contributed by atoms with Crippen LogP contribution in [0, 0.1) is 0 Å². The third kappa shape index (κ3) is 1.24. The Morgan fingerprint density at radius 1 is 0.714 bits per heavy atom. The molecule has 6 heteroatoms. The van der Waals surface area contributed by atoms with E-state index in [1.54, 1.807) is 0 Å². The summed E-state index contributed by atoms with van der Waals surface area (Å²) in [6.07, 6.45) is 6.46. The quantitative estimate of drug-likeness (QED) is 0.630. The highest BCUT2D eigenvalue weighted by atomic mass is 16.2. The molecule has 1 spiro atoms. The molecule has 0 aliphatic carbocycles. The van der Waals surface area contributed by atoms with E-state index in [1.165, 1.54) is 0 Å². The van der Waals surface area contributed by atoms with Crippen LogP contribution in [0.1, 0.15) is 38.5 Å². The number of carbonyl (C=O) groups is 2. The van der Waals surface area contributed by atoms with Crippen LogP contribution in [-0.4, -0.2) is 75.6 Å². The molecule has 114 valence electrons. The number of carbonyl (C=O) groups excluding carboxylic acids is 2. The Labute approximate surface area is 124 Å². The average Bonchev–Trinajstić information content (AvgIpc) is 3.11. The summed E-state index contributed by atoms with van der Waals surface area (Å²) in [6, 6.07) is 0.0186. The third-order valence-electron chi connectivity index (χ3n) is 6.15. The fourth-order valence-electron chi connectivity index (χ4n) is 5.40. The number of hydrogen-bond acceptors (Lipinski definition) is 4.